The van der Waals surface area contributed by atoms with Crippen LogP contribution < -0.4 is 16.0 Å². The Labute approximate surface area is 176 Å². The molecular weight excluding hydrogens is 400 g/mol. The lowest BCUT2D eigenvalue weighted by molar-refractivity contribution is -0.121. The zero-order chi connectivity index (χ0) is 20.5. The third-order valence-corrected chi connectivity index (χ3v) is 6.73. The largest absolute Gasteiger partial charge is 0.420 e. The van der Waals surface area contributed by atoms with Gasteiger partial charge >= 0.3 is 5.76 Å². The van der Waals surface area contributed by atoms with Gasteiger partial charge in [0.2, 0.25) is 5.91 Å². The first-order valence-corrected chi connectivity index (χ1v) is 10.9. The summed E-state index contributed by atoms with van der Waals surface area (Å²) in [6.07, 6.45) is 2.01. The molecule has 30 heavy (non-hydrogen) atoms. The van der Waals surface area contributed by atoms with Gasteiger partial charge in [-0.1, -0.05) is 35.6 Å². The lowest BCUT2D eigenvalue weighted by Crippen LogP contribution is -2.39. The van der Waals surface area contributed by atoms with Crippen molar-refractivity contribution in [2.24, 2.45) is 5.92 Å². The van der Waals surface area contributed by atoms with Crippen LogP contribution in [0.2, 0.25) is 0 Å². The minimum absolute atomic E-state index is 0.0274. The predicted molar refractivity (Wildman–Crippen MR) is 118 cm³/mol. The minimum Gasteiger partial charge on any atom is -0.408 e. The number of para-hydroxylation sites is 3. The third-order valence-electron chi connectivity index (χ3n) is 5.63. The van der Waals surface area contributed by atoms with Crippen molar-refractivity contribution in [3.05, 3.63) is 59.1 Å². The second kappa shape index (κ2) is 7.95. The number of piperidine rings is 1. The molecule has 0 aliphatic carbocycles. The monoisotopic (exact) mass is 422 g/mol. The van der Waals surface area contributed by atoms with Gasteiger partial charge in [-0.15, -0.1) is 0 Å². The van der Waals surface area contributed by atoms with Gasteiger partial charge in [-0.2, -0.15) is 0 Å². The minimum atomic E-state index is -0.504. The zero-order valence-electron chi connectivity index (χ0n) is 16.4. The molecule has 154 valence electrons. The predicted octanol–water partition coefficient (Wildman–Crippen LogP) is 3.24. The maximum Gasteiger partial charge on any atom is 0.420 e. The summed E-state index contributed by atoms with van der Waals surface area (Å²) in [5.74, 6) is -0.245. The van der Waals surface area contributed by atoms with E-state index < -0.39 is 5.76 Å². The highest BCUT2D eigenvalue weighted by Crippen LogP contribution is 2.31. The summed E-state index contributed by atoms with van der Waals surface area (Å²) in [5, 5.41) is 4.06. The lowest BCUT2D eigenvalue weighted by atomic mass is 9.97. The number of hydrogen-bond donors (Lipinski definition) is 1. The van der Waals surface area contributed by atoms with Crippen LogP contribution in [0.5, 0.6) is 0 Å². The number of rotatable bonds is 5. The van der Waals surface area contributed by atoms with Crippen molar-refractivity contribution in [2.75, 3.05) is 24.5 Å². The normalized spacial score (nSPS) is 15.1. The fourth-order valence-electron chi connectivity index (χ4n) is 3.95. The molecule has 0 bridgehead atoms. The summed E-state index contributed by atoms with van der Waals surface area (Å²) >= 11 is 1.73. The first-order chi connectivity index (χ1) is 14.7. The molecule has 1 aliphatic heterocycles. The number of benzene rings is 2. The number of carbonyl (C=O) groups excluding carboxylic acids is 1. The highest BCUT2D eigenvalue weighted by atomic mass is 32.1. The summed E-state index contributed by atoms with van der Waals surface area (Å²) in [7, 11) is 0. The van der Waals surface area contributed by atoms with Crippen LogP contribution in [0.4, 0.5) is 5.13 Å². The van der Waals surface area contributed by atoms with E-state index in [0.29, 0.717) is 23.6 Å². The Hall–Kier alpha value is -3.13. The van der Waals surface area contributed by atoms with E-state index in [4.69, 9.17) is 9.40 Å². The smallest absolute Gasteiger partial charge is 0.408 e. The lowest BCUT2D eigenvalue weighted by Gasteiger charge is -2.31. The van der Waals surface area contributed by atoms with Crippen molar-refractivity contribution in [1.29, 1.82) is 0 Å². The number of thiazole rings is 1. The van der Waals surface area contributed by atoms with E-state index in [0.717, 1.165) is 36.6 Å². The molecule has 8 heteroatoms. The first kappa shape index (κ1) is 18.9. The van der Waals surface area contributed by atoms with Gasteiger partial charge in [0.25, 0.3) is 0 Å². The molecule has 1 amide bonds. The van der Waals surface area contributed by atoms with Gasteiger partial charge in [-0.3, -0.25) is 9.36 Å². The number of hydrogen-bond acceptors (Lipinski definition) is 6. The number of nitrogens with zero attached hydrogens (tertiary/aromatic N) is 3. The van der Waals surface area contributed by atoms with Crippen LogP contribution in [0, 0.1) is 5.92 Å². The Morgan fingerprint density at radius 2 is 1.90 bits per heavy atom. The van der Waals surface area contributed by atoms with E-state index in [1.54, 1.807) is 29.5 Å². The van der Waals surface area contributed by atoms with Crippen LogP contribution in [-0.2, 0) is 11.3 Å². The maximum atomic E-state index is 12.4. The molecule has 0 radical (unpaired) electrons. The summed E-state index contributed by atoms with van der Waals surface area (Å²) in [6.45, 7) is 2.47. The van der Waals surface area contributed by atoms with Crippen molar-refractivity contribution < 1.29 is 9.21 Å². The average molecular weight is 423 g/mol. The number of amides is 1. The highest BCUT2D eigenvalue weighted by Gasteiger charge is 2.22. The van der Waals surface area contributed by atoms with Gasteiger partial charge in [0.1, 0.15) is 6.54 Å². The van der Waals surface area contributed by atoms with Crippen LogP contribution in [-0.4, -0.2) is 35.1 Å². The van der Waals surface area contributed by atoms with Crippen LogP contribution in [0.15, 0.2) is 57.7 Å². The second-order valence-corrected chi connectivity index (χ2v) is 8.63. The van der Waals surface area contributed by atoms with E-state index in [9.17, 15) is 9.59 Å². The molecule has 2 aromatic carbocycles. The zero-order valence-corrected chi connectivity index (χ0v) is 17.2. The molecule has 1 N–H and O–H groups in total. The van der Waals surface area contributed by atoms with Crippen molar-refractivity contribution in [1.82, 2.24) is 14.9 Å². The fraction of sp³-hybridized carbons (Fsp3) is 0.318. The van der Waals surface area contributed by atoms with Crippen molar-refractivity contribution in [3.8, 4) is 0 Å². The molecule has 1 fully saturated rings. The highest BCUT2D eigenvalue weighted by molar-refractivity contribution is 7.22. The number of anilines is 1. The molecule has 5 rings (SSSR count). The molecule has 2 aromatic heterocycles. The molecule has 7 nitrogen and oxygen atoms in total. The standard InChI is InChI=1S/C22H22N4O3S/c27-20(14-26-17-6-2-3-7-18(17)29-22(26)28)23-13-15-9-11-25(12-10-15)21-24-16-5-1-4-8-19(16)30-21/h1-8,15H,9-14H2,(H,23,27). The Kier molecular flexibility index (Phi) is 5.00. The molecule has 0 atom stereocenters. The molecule has 0 spiro atoms. The number of carbonyl (C=O) groups is 1. The van der Waals surface area contributed by atoms with Gasteiger partial charge in [0.05, 0.1) is 15.7 Å². The number of oxazole rings is 1. The van der Waals surface area contributed by atoms with Crippen LogP contribution in [0.25, 0.3) is 21.3 Å². The Balaban J connectivity index is 1.14. The number of nitrogens with one attached hydrogen (secondary N) is 1. The van der Waals surface area contributed by atoms with Crippen molar-refractivity contribution in [3.63, 3.8) is 0 Å². The molecule has 1 aliphatic rings. The van der Waals surface area contributed by atoms with Gasteiger partial charge in [0, 0.05) is 19.6 Å². The van der Waals surface area contributed by atoms with Crippen LogP contribution >= 0.6 is 11.3 Å². The van der Waals surface area contributed by atoms with E-state index >= 15 is 0 Å². The first-order valence-electron chi connectivity index (χ1n) is 10.1. The summed E-state index contributed by atoms with van der Waals surface area (Å²) in [5.41, 5.74) is 2.19. The van der Waals surface area contributed by atoms with Gasteiger partial charge in [-0.25, -0.2) is 9.78 Å². The van der Waals surface area contributed by atoms with E-state index in [1.165, 1.54) is 9.27 Å². The average Bonchev–Trinajstić information content (AvgIpc) is 3.34. The maximum absolute atomic E-state index is 12.4. The number of fused-ring (bicyclic) bond motifs is 2. The Morgan fingerprint density at radius 3 is 2.73 bits per heavy atom. The van der Waals surface area contributed by atoms with Gasteiger partial charge in [0.15, 0.2) is 10.7 Å². The fourth-order valence-corrected chi connectivity index (χ4v) is 4.96. The quantitative estimate of drug-likeness (QED) is 0.534. The molecule has 1 saturated heterocycles. The molecule has 3 heterocycles. The summed E-state index contributed by atoms with van der Waals surface area (Å²) < 4.78 is 7.77. The number of aromatic nitrogens is 2. The van der Waals surface area contributed by atoms with Crippen molar-refractivity contribution >= 4 is 43.7 Å². The molecule has 0 unspecified atom stereocenters. The van der Waals surface area contributed by atoms with Crippen LogP contribution in [0.3, 0.4) is 0 Å². The van der Waals surface area contributed by atoms with Crippen LogP contribution in [0.1, 0.15) is 12.8 Å². The van der Waals surface area contributed by atoms with E-state index in [1.807, 2.05) is 24.3 Å². The third kappa shape index (κ3) is 3.70. The molecule has 0 saturated carbocycles. The van der Waals surface area contributed by atoms with Gasteiger partial charge < -0.3 is 14.6 Å². The van der Waals surface area contributed by atoms with Crippen molar-refractivity contribution in [2.45, 2.75) is 19.4 Å². The molecule has 4 aromatic rings. The van der Waals surface area contributed by atoms with E-state index in [-0.39, 0.29) is 12.5 Å². The summed E-state index contributed by atoms with van der Waals surface area (Å²) in [6, 6.07) is 15.3. The SMILES string of the molecule is O=C(Cn1c(=O)oc2ccccc21)NCC1CCN(c2nc3ccccc3s2)CC1. The van der Waals surface area contributed by atoms with E-state index in [2.05, 4.69) is 16.3 Å². The van der Waals surface area contributed by atoms with Gasteiger partial charge in [-0.05, 0) is 43.0 Å². The second-order valence-electron chi connectivity index (χ2n) is 7.62. The molecular formula is C22H22N4O3S. The summed E-state index contributed by atoms with van der Waals surface area (Å²) in [4.78, 5) is 31.5. The Bertz CT molecular complexity index is 1220. The Morgan fingerprint density at radius 1 is 1.13 bits per heavy atom. The topological polar surface area (TPSA) is 80.4 Å².